The number of aryl methyl sites for hydroxylation is 2. The summed E-state index contributed by atoms with van der Waals surface area (Å²) in [6.07, 6.45) is 4.26. The molecule has 1 fully saturated rings. The number of fused-ring (bicyclic) bond motifs is 1. The van der Waals surface area contributed by atoms with Crippen molar-refractivity contribution in [3.63, 3.8) is 0 Å². The standard InChI is InChI=1S/C43H49N3O6/c1-3-50-36-11-8-10-35(29-36)45-25-23-44(24-26-45)21-6-7-27-51-41-28-34(19-20-40(41)52-31-33-17-15-32(2)16-18-33)43(49)38-30-46(22-9-14-42(47)48)39-13-5-4-12-37(38)39/h4-5,8,10-13,15-20,28-30H,3,6-7,9,14,21-27,31H2,1-2H3,(H,47,48). The molecule has 6 rings (SSSR count). The molecule has 0 radical (unpaired) electrons. The van der Waals surface area contributed by atoms with Gasteiger partial charge in [0.05, 0.1) is 13.2 Å². The van der Waals surface area contributed by atoms with Crippen molar-refractivity contribution in [3.8, 4) is 17.2 Å². The number of ketones is 1. The number of carboxylic acid groups (broad SMARTS) is 1. The van der Waals surface area contributed by atoms with Gasteiger partial charge in [0.25, 0.3) is 0 Å². The zero-order chi connectivity index (χ0) is 36.3. The molecule has 0 amide bonds. The molecule has 0 unspecified atom stereocenters. The van der Waals surface area contributed by atoms with E-state index in [1.807, 2.05) is 54.1 Å². The first-order valence-corrected chi connectivity index (χ1v) is 18.4. The van der Waals surface area contributed by atoms with Crippen LogP contribution in [0.5, 0.6) is 17.2 Å². The third kappa shape index (κ3) is 9.53. The number of hydrogen-bond acceptors (Lipinski definition) is 7. The molecule has 0 bridgehead atoms. The third-order valence-electron chi connectivity index (χ3n) is 9.54. The molecule has 2 heterocycles. The number of nitrogens with zero attached hydrogens (tertiary/aromatic N) is 3. The van der Waals surface area contributed by atoms with Crippen LogP contribution in [0, 0.1) is 6.92 Å². The number of para-hydroxylation sites is 1. The molecule has 52 heavy (non-hydrogen) atoms. The highest BCUT2D eigenvalue weighted by atomic mass is 16.5. The molecule has 1 N–H and O–H groups in total. The van der Waals surface area contributed by atoms with E-state index in [4.69, 9.17) is 19.3 Å². The Balaban J connectivity index is 1.09. The van der Waals surface area contributed by atoms with E-state index < -0.39 is 5.97 Å². The number of unbranched alkanes of at least 4 members (excludes halogenated alkanes) is 1. The average molecular weight is 704 g/mol. The van der Waals surface area contributed by atoms with Crippen LogP contribution in [0.25, 0.3) is 10.9 Å². The van der Waals surface area contributed by atoms with Crippen molar-refractivity contribution in [2.24, 2.45) is 0 Å². The molecule has 272 valence electrons. The maximum Gasteiger partial charge on any atom is 0.303 e. The van der Waals surface area contributed by atoms with Gasteiger partial charge in [0.15, 0.2) is 17.3 Å². The van der Waals surface area contributed by atoms with E-state index in [-0.39, 0.29) is 12.2 Å². The molecule has 0 saturated carbocycles. The maximum absolute atomic E-state index is 14.0. The van der Waals surface area contributed by atoms with Gasteiger partial charge >= 0.3 is 5.97 Å². The van der Waals surface area contributed by atoms with Gasteiger partial charge < -0.3 is 28.8 Å². The summed E-state index contributed by atoms with van der Waals surface area (Å²) in [4.78, 5) is 30.1. The summed E-state index contributed by atoms with van der Waals surface area (Å²) in [6, 6.07) is 29.7. The summed E-state index contributed by atoms with van der Waals surface area (Å²) >= 11 is 0. The molecule has 0 atom stereocenters. The van der Waals surface area contributed by atoms with Crippen LogP contribution in [0.3, 0.4) is 0 Å². The van der Waals surface area contributed by atoms with Gasteiger partial charge in [0, 0.05) is 79.1 Å². The molecule has 9 nitrogen and oxygen atoms in total. The monoisotopic (exact) mass is 703 g/mol. The smallest absolute Gasteiger partial charge is 0.303 e. The first-order valence-electron chi connectivity index (χ1n) is 18.4. The Bertz CT molecular complexity index is 1940. The Morgan fingerprint density at radius 2 is 1.58 bits per heavy atom. The van der Waals surface area contributed by atoms with E-state index in [0.29, 0.717) is 55.4 Å². The van der Waals surface area contributed by atoms with Crippen LogP contribution in [0.1, 0.15) is 59.7 Å². The van der Waals surface area contributed by atoms with E-state index in [1.54, 1.807) is 12.1 Å². The minimum Gasteiger partial charge on any atom is -0.494 e. The maximum atomic E-state index is 14.0. The number of anilines is 1. The van der Waals surface area contributed by atoms with Crippen molar-refractivity contribution in [2.45, 2.75) is 52.7 Å². The summed E-state index contributed by atoms with van der Waals surface area (Å²) in [7, 11) is 0. The lowest BCUT2D eigenvalue weighted by molar-refractivity contribution is -0.137. The van der Waals surface area contributed by atoms with Crippen molar-refractivity contribution in [1.82, 2.24) is 9.47 Å². The molecule has 1 aromatic heterocycles. The van der Waals surface area contributed by atoms with Crippen molar-refractivity contribution >= 4 is 28.3 Å². The Kier molecular flexibility index (Phi) is 12.5. The number of carbonyl (C=O) groups is 2. The second-order valence-electron chi connectivity index (χ2n) is 13.3. The quantitative estimate of drug-likeness (QED) is 0.0725. The average Bonchev–Trinajstić information content (AvgIpc) is 3.53. The van der Waals surface area contributed by atoms with Crippen LogP contribution in [0.4, 0.5) is 5.69 Å². The fraction of sp³-hybridized carbons (Fsp3) is 0.349. The van der Waals surface area contributed by atoms with Crippen molar-refractivity contribution < 1.29 is 28.9 Å². The molecule has 0 aliphatic carbocycles. The van der Waals surface area contributed by atoms with E-state index in [2.05, 4.69) is 59.2 Å². The van der Waals surface area contributed by atoms with Crippen LogP contribution in [0.2, 0.25) is 0 Å². The number of aromatic nitrogens is 1. The van der Waals surface area contributed by atoms with Gasteiger partial charge in [-0.05, 0) is 81.6 Å². The second-order valence-corrected chi connectivity index (χ2v) is 13.3. The molecule has 9 heteroatoms. The lowest BCUT2D eigenvalue weighted by Gasteiger charge is -2.36. The summed E-state index contributed by atoms with van der Waals surface area (Å²) in [6.45, 7) is 11.1. The van der Waals surface area contributed by atoms with E-state index in [9.17, 15) is 9.59 Å². The van der Waals surface area contributed by atoms with Crippen LogP contribution in [-0.2, 0) is 17.9 Å². The van der Waals surface area contributed by atoms with Gasteiger partial charge in [-0.1, -0.05) is 54.1 Å². The van der Waals surface area contributed by atoms with E-state index in [1.165, 1.54) is 11.3 Å². The van der Waals surface area contributed by atoms with Crippen molar-refractivity contribution in [1.29, 1.82) is 0 Å². The molecular weight excluding hydrogens is 654 g/mol. The first-order chi connectivity index (χ1) is 25.4. The number of piperazine rings is 1. The number of hydrogen-bond donors (Lipinski definition) is 1. The van der Waals surface area contributed by atoms with Gasteiger partial charge in [0.2, 0.25) is 0 Å². The van der Waals surface area contributed by atoms with Crippen LogP contribution in [0.15, 0.2) is 97.2 Å². The Hall–Kier alpha value is -5.28. The number of benzene rings is 4. The molecule has 1 aliphatic heterocycles. The fourth-order valence-electron chi connectivity index (χ4n) is 6.68. The van der Waals surface area contributed by atoms with Crippen LogP contribution < -0.4 is 19.1 Å². The van der Waals surface area contributed by atoms with Gasteiger partial charge in [-0.15, -0.1) is 0 Å². The SMILES string of the molecule is CCOc1cccc(N2CCN(CCCCOc3cc(C(=O)c4cn(CCCC(=O)O)c5ccccc45)ccc3OCc3ccc(C)cc3)CC2)c1. The zero-order valence-electron chi connectivity index (χ0n) is 30.3. The lowest BCUT2D eigenvalue weighted by Crippen LogP contribution is -2.46. The molecule has 1 saturated heterocycles. The molecular formula is C43H49N3O6. The summed E-state index contributed by atoms with van der Waals surface area (Å²) in [5.41, 5.74) is 5.44. The fourth-order valence-corrected chi connectivity index (χ4v) is 6.68. The van der Waals surface area contributed by atoms with Gasteiger partial charge in [-0.2, -0.15) is 0 Å². The highest BCUT2D eigenvalue weighted by Gasteiger charge is 2.20. The molecule has 0 spiro atoms. The predicted molar refractivity (Wildman–Crippen MR) is 205 cm³/mol. The number of aliphatic carboxylic acids is 1. The predicted octanol–water partition coefficient (Wildman–Crippen LogP) is 8.00. The number of carbonyl (C=O) groups excluding carboxylic acids is 1. The highest BCUT2D eigenvalue weighted by molar-refractivity contribution is 6.16. The zero-order valence-corrected chi connectivity index (χ0v) is 30.3. The number of ether oxygens (including phenoxy) is 3. The van der Waals surface area contributed by atoms with Gasteiger partial charge in [0.1, 0.15) is 12.4 Å². The van der Waals surface area contributed by atoms with E-state index >= 15 is 0 Å². The van der Waals surface area contributed by atoms with Gasteiger partial charge in [-0.3, -0.25) is 14.5 Å². The summed E-state index contributed by atoms with van der Waals surface area (Å²) < 4.78 is 20.3. The van der Waals surface area contributed by atoms with Gasteiger partial charge in [-0.25, -0.2) is 0 Å². The summed E-state index contributed by atoms with van der Waals surface area (Å²) in [5, 5.41) is 9.97. The third-order valence-corrected chi connectivity index (χ3v) is 9.54. The normalized spacial score (nSPS) is 13.3. The Labute approximate surface area is 306 Å². The minimum absolute atomic E-state index is 0.0709. The Morgan fingerprint density at radius 1 is 0.769 bits per heavy atom. The van der Waals surface area contributed by atoms with Crippen LogP contribution >= 0.6 is 0 Å². The van der Waals surface area contributed by atoms with Crippen LogP contribution in [-0.4, -0.2) is 72.3 Å². The topological polar surface area (TPSA) is 93.5 Å². The molecule has 4 aromatic carbocycles. The lowest BCUT2D eigenvalue weighted by atomic mass is 10.0. The second kappa shape index (κ2) is 17.8. The largest absolute Gasteiger partial charge is 0.494 e. The number of rotatable bonds is 18. The summed E-state index contributed by atoms with van der Waals surface area (Å²) in [5.74, 6) is 1.11. The minimum atomic E-state index is -0.830. The van der Waals surface area contributed by atoms with Crippen molar-refractivity contribution in [2.75, 3.05) is 50.8 Å². The molecule has 5 aromatic rings. The number of carboxylic acids is 1. The Morgan fingerprint density at radius 3 is 2.37 bits per heavy atom. The van der Waals surface area contributed by atoms with Crippen molar-refractivity contribution in [3.05, 3.63) is 119 Å². The first kappa shape index (κ1) is 36.5. The van der Waals surface area contributed by atoms with E-state index in [0.717, 1.165) is 67.8 Å². The highest BCUT2D eigenvalue weighted by Crippen LogP contribution is 2.32. The molecule has 1 aliphatic rings.